The average Bonchev–Trinajstić information content (AvgIpc) is 2.54. The highest BCUT2D eigenvalue weighted by Gasteiger charge is 2.29. The van der Waals surface area contributed by atoms with Gasteiger partial charge in [-0.3, -0.25) is 0 Å². The van der Waals surface area contributed by atoms with Crippen molar-refractivity contribution < 1.29 is 0 Å². The molecule has 1 aromatic heterocycles. The Labute approximate surface area is 84.2 Å². The van der Waals surface area contributed by atoms with E-state index in [1.54, 1.807) is 5.56 Å². The van der Waals surface area contributed by atoms with Crippen LogP contribution in [0.5, 0.6) is 0 Å². The van der Waals surface area contributed by atoms with Crippen LogP contribution < -0.4 is 5.32 Å². The van der Waals surface area contributed by atoms with Crippen LogP contribution in [-0.2, 0) is 0 Å². The minimum absolute atomic E-state index is 0.796. The van der Waals surface area contributed by atoms with Crippen molar-refractivity contribution in [3.8, 4) is 0 Å². The summed E-state index contributed by atoms with van der Waals surface area (Å²) in [6.07, 6.45) is 3.94. The number of hydrogen-bond acceptors (Lipinski definition) is 2. The molecule has 0 unspecified atom stereocenters. The maximum atomic E-state index is 3.56. The Morgan fingerprint density at radius 2 is 2.38 bits per heavy atom. The highest BCUT2D eigenvalue weighted by Crippen LogP contribution is 2.37. The van der Waals surface area contributed by atoms with Gasteiger partial charge in [0.15, 0.2) is 0 Å². The first-order chi connectivity index (χ1) is 6.40. The number of hydrogen-bond donors (Lipinski definition) is 1. The zero-order chi connectivity index (χ0) is 9.10. The summed E-state index contributed by atoms with van der Waals surface area (Å²) in [5, 5.41) is 8.04. The molecule has 1 aliphatic carbocycles. The lowest BCUT2D eigenvalue weighted by Crippen LogP contribution is -2.40. The molecule has 1 aromatic rings. The van der Waals surface area contributed by atoms with Crippen LogP contribution in [0.3, 0.4) is 0 Å². The molecule has 72 valence electrons. The fraction of sp³-hybridized carbons (Fsp3) is 0.636. The van der Waals surface area contributed by atoms with E-state index in [9.17, 15) is 0 Å². The van der Waals surface area contributed by atoms with Crippen molar-refractivity contribution in [3.05, 3.63) is 22.4 Å². The molecule has 1 heterocycles. The summed E-state index contributed by atoms with van der Waals surface area (Å²) >= 11 is 1.82. The van der Waals surface area contributed by atoms with Crippen LogP contribution in [0.1, 0.15) is 37.7 Å². The highest BCUT2D eigenvalue weighted by atomic mass is 32.1. The zero-order valence-electron chi connectivity index (χ0n) is 8.12. The lowest BCUT2D eigenvalue weighted by atomic mass is 9.77. The number of thiophene rings is 1. The monoisotopic (exact) mass is 195 g/mol. The Bertz CT molecular complexity index is 237. The standard InChI is InChI=1S/C11H17NS/c1-2-4-12-11-6-10(7-11)9-3-5-13-8-9/h3,5,8,10-12H,2,4,6-7H2,1H3. The molecule has 13 heavy (non-hydrogen) atoms. The van der Waals surface area contributed by atoms with Crippen molar-refractivity contribution in [2.75, 3.05) is 6.54 Å². The van der Waals surface area contributed by atoms with Gasteiger partial charge >= 0.3 is 0 Å². The van der Waals surface area contributed by atoms with Crippen molar-refractivity contribution in [2.45, 2.75) is 38.1 Å². The van der Waals surface area contributed by atoms with Crippen LogP contribution in [-0.4, -0.2) is 12.6 Å². The Morgan fingerprint density at radius 3 is 3.00 bits per heavy atom. The van der Waals surface area contributed by atoms with E-state index in [4.69, 9.17) is 0 Å². The molecule has 0 aromatic carbocycles. The van der Waals surface area contributed by atoms with E-state index in [1.165, 1.54) is 25.8 Å². The molecule has 2 heteroatoms. The Kier molecular flexibility index (Phi) is 3.01. The summed E-state index contributed by atoms with van der Waals surface area (Å²) in [6, 6.07) is 3.07. The molecule has 1 saturated carbocycles. The molecule has 1 aliphatic rings. The molecule has 1 nitrogen and oxygen atoms in total. The lowest BCUT2D eigenvalue weighted by Gasteiger charge is -2.35. The van der Waals surface area contributed by atoms with Crippen LogP contribution >= 0.6 is 11.3 Å². The Morgan fingerprint density at radius 1 is 1.54 bits per heavy atom. The number of rotatable bonds is 4. The normalized spacial score (nSPS) is 27.2. The van der Waals surface area contributed by atoms with Crippen molar-refractivity contribution in [1.82, 2.24) is 5.32 Å². The van der Waals surface area contributed by atoms with E-state index in [0.717, 1.165) is 12.0 Å². The van der Waals surface area contributed by atoms with E-state index < -0.39 is 0 Å². The smallest absolute Gasteiger partial charge is 0.00787 e. The molecule has 0 aliphatic heterocycles. The van der Waals surface area contributed by atoms with Gasteiger partial charge in [0.05, 0.1) is 0 Å². The van der Waals surface area contributed by atoms with Gasteiger partial charge in [-0.2, -0.15) is 11.3 Å². The first kappa shape index (κ1) is 9.22. The van der Waals surface area contributed by atoms with Crippen LogP contribution in [0.2, 0.25) is 0 Å². The van der Waals surface area contributed by atoms with Crippen LogP contribution in [0.4, 0.5) is 0 Å². The Balaban J connectivity index is 1.73. The first-order valence-electron chi connectivity index (χ1n) is 5.15. The zero-order valence-corrected chi connectivity index (χ0v) is 8.94. The maximum absolute atomic E-state index is 3.56. The van der Waals surface area contributed by atoms with Crippen LogP contribution in [0, 0.1) is 0 Å². The molecule has 0 spiro atoms. The van der Waals surface area contributed by atoms with Gasteiger partial charge in [0.1, 0.15) is 0 Å². The quantitative estimate of drug-likeness (QED) is 0.779. The van der Waals surface area contributed by atoms with Crippen molar-refractivity contribution >= 4 is 11.3 Å². The largest absolute Gasteiger partial charge is 0.314 e. The third-order valence-corrected chi connectivity index (χ3v) is 3.54. The molecule has 0 atom stereocenters. The molecule has 0 radical (unpaired) electrons. The fourth-order valence-corrected chi connectivity index (χ4v) is 2.65. The molecular formula is C11H17NS. The highest BCUT2D eigenvalue weighted by molar-refractivity contribution is 7.07. The average molecular weight is 195 g/mol. The summed E-state index contributed by atoms with van der Waals surface area (Å²) in [5.74, 6) is 0.848. The minimum atomic E-state index is 0.796. The lowest BCUT2D eigenvalue weighted by molar-refractivity contribution is 0.292. The Hall–Kier alpha value is -0.340. The minimum Gasteiger partial charge on any atom is -0.314 e. The van der Waals surface area contributed by atoms with Crippen LogP contribution in [0.25, 0.3) is 0 Å². The molecule has 1 N–H and O–H groups in total. The van der Waals surface area contributed by atoms with Crippen molar-refractivity contribution in [2.24, 2.45) is 0 Å². The van der Waals surface area contributed by atoms with Gasteiger partial charge in [-0.05, 0) is 54.1 Å². The van der Waals surface area contributed by atoms with Crippen molar-refractivity contribution in [1.29, 1.82) is 0 Å². The van der Waals surface area contributed by atoms with E-state index in [1.807, 2.05) is 11.3 Å². The fourth-order valence-electron chi connectivity index (χ4n) is 1.91. The molecule has 2 rings (SSSR count). The van der Waals surface area contributed by atoms with E-state index in [-0.39, 0.29) is 0 Å². The van der Waals surface area contributed by atoms with Gasteiger partial charge in [-0.1, -0.05) is 6.92 Å². The number of nitrogens with one attached hydrogen (secondary N) is 1. The van der Waals surface area contributed by atoms with Gasteiger partial charge in [-0.25, -0.2) is 0 Å². The van der Waals surface area contributed by atoms with Gasteiger partial charge in [-0.15, -0.1) is 0 Å². The van der Waals surface area contributed by atoms with Gasteiger partial charge in [0.25, 0.3) is 0 Å². The molecule has 1 fully saturated rings. The molecule has 0 amide bonds. The molecular weight excluding hydrogens is 178 g/mol. The third kappa shape index (κ3) is 2.12. The summed E-state index contributed by atoms with van der Waals surface area (Å²) in [4.78, 5) is 0. The summed E-state index contributed by atoms with van der Waals surface area (Å²) < 4.78 is 0. The van der Waals surface area contributed by atoms with Crippen LogP contribution in [0.15, 0.2) is 16.8 Å². The van der Waals surface area contributed by atoms with Crippen molar-refractivity contribution in [3.63, 3.8) is 0 Å². The van der Waals surface area contributed by atoms with Gasteiger partial charge in [0.2, 0.25) is 0 Å². The predicted molar refractivity (Wildman–Crippen MR) is 58.4 cm³/mol. The van der Waals surface area contributed by atoms with E-state index in [0.29, 0.717) is 0 Å². The molecule has 0 bridgehead atoms. The van der Waals surface area contributed by atoms with Gasteiger partial charge < -0.3 is 5.32 Å². The predicted octanol–water partition coefficient (Wildman–Crippen LogP) is 2.99. The third-order valence-electron chi connectivity index (χ3n) is 2.84. The second-order valence-electron chi connectivity index (χ2n) is 3.88. The molecule has 0 saturated heterocycles. The van der Waals surface area contributed by atoms with Gasteiger partial charge in [0, 0.05) is 6.04 Å². The summed E-state index contributed by atoms with van der Waals surface area (Å²) in [6.45, 7) is 3.41. The SMILES string of the molecule is CCCNC1CC(c2ccsc2)C1. The topological polar surface area (TPSA) is 12.0 Å². The second kappa shape index (κ2) is 4.25. The van der Waals surface area contributed by atoms with E-state index >= 15 is 0 Å². The summed E-state index contributed by atoms with van der Waals surface area (Å²) in [5.41, 5.74) is 1.56. The summed E-state index contributed by atoms with van der Waals surface area (Å²) in [7, 11) is 0. The maximum Gasteiger partial charge on any atom is 0.00787 e. The van der Waals surface area contributed by atoms with E-state index in [2.05, 4.69) is 29.1 Å². The first-order valence-corrected chi connectivity index (χ1v) is 6.10. The second-order valence-corrected chi connectivity index (χ2v) is 4.66.